The van der Waals surface area contributed by atoms with Gasteiger partial charge in [-0.05, 0) is 32.6 Å². The Kier molecular flexibility index (Phi) is 5.96. The lowest BCUT2D eigenvalue weighted by Gasteiger charge is -2.35. The molecule has 1 spiro atoms. The van der Waals surface area contributed by atoms with E-state index >= 15 is 0 Å². The molecular weight excluding hydrogens is 422 g/mol. The van der Waals surface area contributed by atoms with Crippen LogP contribution in [0.1, 0.15) is 40.0 Å². The molecule has 2 saturated heterocycles. The van der Waals surface area contributed by atoms with Crippen molar-refractivity contribution >= 4 is 23.7 Å². The molecule has 0 radical (unpaired) electrons. The standard InChI is InChI=1S/C24H33N5O4/c1-5-28-10-8-19(27-28)29-23(30)20-15(3)12-17(26-21(20)24(29)9-7-11-33-24)16-13-18(31-4)22(25-14-16)32-6-2/h8,10,12,14-16,18,20,22H,5-7,9,11,13H2,1-4H3. The van der Waals surface area contributed by atoms with Gasteiger partial charge in [-0.15, -0.1) is 0 Å². The predicted octanol–water partition coefficient (Wildman–Crippen LogP) is 2.82. The molecule has 0 aliphatic carbocycles. The molecule has 9 heteroatoms. The van der Waals surface area contributed by atoms with Crippen LogP contribution in [0.5, 0.6) is 0 Å². The van der Waals surface area contributed by atoms with Crippen LogP contribution in [0.25, 0.3) is 0 Å². The number of methoxy groups -OCH3 is 1. The second kappa shape index (κ2) is 8.77. The summed E-state index contributed by atoms with van der Waals surface area (Å²) in [5.74, 6) is 0.312. The van der Waals surface area contributed by atoms with Crippen molar-refractivity contribution in [2.24, 2.45) is 27.7 Å². The zero-order valence-electron chi connectivity index (χ0n) is 19.8. The summed E-state index contributed by atoms with van der Waals surface area (Å²) < 4.78 is 19.6. The Labute approximate surface area is 194 Å². The van der Waals surface area contributed by atoms with Gasteiger partial charge in [-0.25, -0.2) is 0 Å². The number of ether oxygens (including phenoxy) is 3. The Hall–Kier alpha value is -2.36. The summed E-state index contributed by atoms with van der Waals surface area (Å²) >= 11 is 0. The quantitative estimate of drug-likeness (QED) is 0.658. The molecule has 0 aromatic carbocycles. The highest BCUT2D eigenvalue weighted by Crippen LogP contribution is 2.48. The Morgan fingerprint density at radius 3 is 2.85 bits per heavy atom. The number of hydrogen-bond donors (Lipinski definition) is 0. The summed E-state index contributed by atoms with van der Waals surface area (Å²) in [6.45, 7) is 8.00. The van der Waals surface area contributed by atoms with E-state index in [1.165, 1.54) is 0 Å². The maximum atomic E-state index is 13.7. The summed E-state index contributed by atoms with van der Waals surface area (Å²) in [7, 11) is 1.69. The van der Waals surface area contributed by atoms with Crippen molar-refractivity contribution in [1.29, 1.82) is 0 Å². The molecule has 0 N–H and O–H groups in total. The van der Waals surface area contributed by atoms with Gasteiger partial charge in [0.25, 0.3) is 0 Å². The molecule has 5 heterocycles. The van der Waals surface area contributed by atoms with Gasteiger partial charge in [0.1, 0.15) is 6.10 Å². The molecule has 2 fully saturated rings. The third-order valence-corrected chi connectivity index (χ3v) is 7.17. The van der Waals surface area contributed by atoms with Crippen molar-refractivity contribution in [1.82, 2.24) is 9.78 Å². The van der Waals surface area contributed by atoms with E-state index in [-0.39, 0.29) is 36.0 Å². The van der Waals surface area contributed by atoms with Crippen LogP contribution in [-0.4, -0.2) is 66.0 Å². The lowest BCUT2D eigenvalue weighted by Crippen LogP contribution is -2.50. The van der Waals surface area contributed by atoms with Gasteiger partial charge < -0.3 is 14.2 Å². The topological polar surface area (TPSA) is 90.5 Å². The largest absolute Gasteiger partial charge is 0.377 e. The second-order valence-corrected chi connectivity index (χ2v) is 9.13. The van der Waals surface area contributed by atoms with E-state index in [0.29, 0.717) is 19.0 Å². The second-order valence-electron chi connectivity index (χ2n) is 9.13. The number of fused-ring (bicyclic) bond motifs is 2. The van der Waals surface area contributed by atoms with E-state index in [0.717, 1.165) is 37.2 Å². The summed E-state index contributed by atoms with van der Waals surface area (Å²) in [4.78, 5) is 25.2. The normalized spacial score (nSPS) is 35.8. The molecule has 6 atom stereocenters. The van der Waals surface area contributed by atoms with E-state index in [1.807, 2.05) is 37.0 Å². The molecule has 4 aliphatic rings. The number of rotatable bonds is 6. The molecule has 6 unspecified atom stereocenters. The lowest BCUT2D eigenvalue weighted by molar-refractivity contribution is -0.121. The van der Waals surface area contributed by atoms with Crippen LogP contribution >= 0.6 is 0 Å². The Balaban J connectivity index is 1.51. The fourth-order valence-corrected chi connectivity index (χ4v) is 5.56. The maximum Gasteiger partial charge on any atom is 0.240 e. The van der Waals surface area contributed by atoms with Crippen molar-refractivity contribution in [3.8, 4) is 0 Å². The first kappa shape index (κ1) is 22.4. The smallest absolute Gasteiger partial charge is 0.240 e. The number of aryl methyl sites for hydroxylation is 1. The highest BCUT2D eigenvalue weighted by Gasteiger charge is 2.62. The molecule has 4 aliphatic heterocycles. The number of carbonyl (C=O) groups excluding carboxylic acids is 1. The zero-order valence-corrected chi connectivity index (χ0v) is 19.8. The van der Waals surface area contributed by atoms with E-state index < -0.39 is 5.72 Å². The van der Waals surface area contributed by atoms with Crippen LogP contribution in [0.3, 0.4) is 0 Å². The number of anilines is 1. The average Bonchev–Trinajstić information content (AvgIpc) is 3.54. The van der Waals surface area contributed by atoms with E-state index in [1.54, 1.807) is 12.0 Å². The molecule has 5 rings (SSSR count). The van der Waals surface area contributed by atoms with Gasteiger partial charge in [-0.1, -0.05) is 13.0 Å². The fourth-order valence-electron chi connectivity index (χ4n) is 5.56. The zero-order chi connectivity index (χ0) is 23.2. The first-order chi connectivity index (χ1) is 16.0. The van der Waals surface area contributed by atoms with Crippen molar-refractivity contribution in [3.63, 3.8) is 0 Å². The first-order valence-electron chi connectivity index (χ1n) is 12.0. The van der Waals surface area contributed by atoms with Gasteiger partial charge in [0, 0.05) is 56.8 Å². The van der Waals surface area contributed by atoms with Crippen molar-refractivity contribution in [2.75, 3.05) is 25.2 Å². The molecule has 1 aromatic heterocycles. The number of aromatic nitrogens is 2. The van der Waals surface area contributed by atoms with Crippen LogP contribution in [0.15, 0.2) is 34.0 Å². The first-order valence-corrected chi connectivity index (χ1v) is 12.0. The Morgan fingerprint density at radius 2 is 2.18 bits per heavy atom. The van der Waals surface area contributed by atoms with Crippen LogP contribution in [-0.2, 0) is 25.5 Å². The van der Waals surface area contributed by atoms with E-state index in [4.69, 9.17) is 19.2 Å². The number of nitrogens with zero attached hydrogens (tertiary/aromatic N) is 5. The minimum atomic E-state index is -0.858. The maximum absolute atomic E-state index is 13.7. The van der Waals surface area contributed by atoms with Crippen LogP contribution in [0, 0.1) is 17.8 Å². The number of amides is 1. The van der Waals surface area contributed by atoms with Crippen molar-refractivity contribution in [2.45, 2.75) is 64.6 Å². The van der Waals surface area contributed by atoms with Crippen molar-refractivity contribution < 1.29 is 19.0 Å². The summed E-state index contributed by atoms with van der Waals surface area (Å²) in [6.07, 6.45) is 7.86. The Bertz CT molecular complexity index is 993. The number of aliphatic imine (C=N–C) groups is 2. The van der Waals surface area contributed by atoms with E-state index in [2.05, 4.69) is 23.1 Å². The SMILES string of the molecule is CCOC1N=CC(C2=CC(C)C3C(=O)N(c4ccn(CC)n4)C4(CCCO4)C3=N2)CC1OC. The monoisotopic (exact) mass is 455 g/mol. The highest BCUT2D eigenvalue weighted by atomic mass is 16.5. The minimum absolute atomic E-state index is 0.00153. The van der Waals surface area contributed by atoms with Crippen LogP contribution < -0.4 is 4.90 Å². The van der Waals surface area contributed by atoms with Crippen molar-refractivity contribution in [3.05, 3.63) is 24.0 Å². The van der Waals surface area contributed by atoms with Crippen LogP contribution in [0.2, 0.25) is 0 Å². The molecule has 0 saturated carbocycles. The van der Waals surface area contributed by atoms with Crippen LogP contribution in [0.4, 0.5) is 5.82 Å². The molecular formula is C24H33N5O4. The molecule has 0 bridgehead atoms. The minimum Gasteiger partial charge on any atom is -0.377 e. The highest BCUT2D eigenvalue weighted by molar-refractivity contribution is 6.23. The molecule has 33 heavy (non-hydrogen) atoms. The fraction of sp³-hybridized carbons (Fsp3) is 0.667. The number of allylic oxidation sites excluding steroid dienone is 2. The van der Waals surface area contributed by atoms with Gasteiger partial charge >= 0.3 is 0 Å². The molecule has 9 nitrogen and oxygen atoms in total. The van der Waals surface area contributed by atoms with Gasteiger partial charge in [-0.2, -0.15) is 5.10 Å². The summed E-state index contributed by atoms with van der Waals surface area (Å²) in [5.41, 5.74) is 0.886. The van der Waals surface area contributed by atoms with Gasteiger partial charge in [-0.3, -0.25) is 24.4 Å². The molecule has 1 aromatic rings. The lowest BCUT2D eigenvalue weighted by atomic mass is 9.82. The van der Waals surface area contributed by atoms with Gasteiger partial charge in [0.05, 0.1) is 18.2 Å². The molecule has 1 amide bonds. The number of carbonyl (C=O) groups is 1. The van der Waals surface area contributed by atoms with Gasteiger partial charge in [0.15, 0.2) is 17.8 Å². The average molecular weight is 456 g/mol. The predicted molar refractivity (Wildman–Crippen MR) is 124 cm³/mol. The number of hydrogen-bond acceptors (Lipinski definition) is 7. The Morgan fingerprint density at radius 1 is 1.33 bits per heavy atom. The van der Waals surface area contributed by atoms with E-state index in [9.17, 15) is 4.79 Å². The summed E-state index contributed by atoms with van der Waals surface area (Å²) in [5, 5.41) is 4.64. The van der Waals surface area contributed by atoms with Gasteiger partial charge in [0.2, 0.25) is 5.91 Å². The third-order valence-electron chi connectivity index (χ3n) is 7.17. The molecule has 178 valence electrons. The summed E-state index contributed by atoms with van der Waals surface area (Å²) in [6, 6.07) is 1.90. The third kappa shape index (κ3) is 3.57.